The normalized spacial score (nSPS) is 12.9. The predicted molar refractivity (Wildman–Crippen MR) is 80.9 cm³/mol. The second kappa shape index (κ2) is 7.47. The van der Waals surface area contributed by atoms with E-state index in [2.05, 4.69) is 5.32 Å². The van der Waals surface area contributed by atoms with E-state index in [0.29, 0.717) is 0 Å². The Morgan fingerprint density at radius 3 is 2.43 bits per heavy atom. The summed E-state index contributed by atoms with van der Waals surface area (Å²) in [5.41, 5.74) is 0.312. The number of amides is 1. The van der Waals surface area contributed by atoms with Crippen molar-refractivity contribution in [2.75, 3.05) is 0 Å². The molecule has 0 aliphatic heterocycles. The Morgan fingerprint density at radius 1 is 1.29 bits per heavy atom. The van der Waals surface area contributed by atoms with Crippen LogP contribution in [0.4, 0.5) is 4.79 Å². The van der Waals surface area contributed by atoms with Gasteiger partial charge in [0.25, 0.3) is 0 Å². The minimum absolute atomic E-state index is 0.184. The minimum Gasteiger partial charge on any atom is -0.480 e. The van der Waals surface area contributed by atoms with Gasteiger partial charge in [-0.05, 0) is 32.8 Å². The molecular weight excluding hydrogens is 270 g/mol. The van der Waals surface area contributed by atoms with Gasteiger partial charge in [-0.3, -0.25) is 0 Å². The van der Waals surface area contributed by atoms with Gasteiger partial charge >= 0.3 is 12.1 Å². The van der Waals surface area contributed by atoms with Gasteiger partial charge in [-0.25, -0.2) is 9.59 Å². The molecule has 5 heteroatoms. The molecule has 21 heavy (non-hydrogen) atoms. The maximum absolute atomic E-state index is 11.6. The Morgan fingerprint density at radius 2 is 1.90 bits per heavy atom. The number of rotatable bonds is 5. The van der Waals surface area contributed by atoms with Gasteiger partial charge in [-0.15, -0.1) is 0 Å². The number of carbonyl (C=O) groups excluding carboxylic acids is 1. The van der Waals surface area contributed by atoms with E-state index in [1.54, 1.807) is 26.8 Å². The Hall–Kier alpha value is -2.30. The predicted octanol–water partition coefficient (Wildman–Crippen LogP) is 3.07. The standard InChI is InChI=1S/C16H21NO4/c1-16(2,3)21-15(20)17-13(14(18)19)11-7-10-12-8-5-4-6-9-12/h4-10,13H,11H2,1-3H3,(H,17,20)(H,18,19)/b10-7+. The molecule has 1 aromatic carbocycles. The van der Waals surface area contributed by atoms with E-state index < -0.39 is 23.7 Å². The zero-order chi connectivity index (χ0) is 15.9. The quantitative estimate of drug-likeness (QED) is 0.874. The van der Waals surface area contributed by atoms with Gasteiger partial charge in [0.15, 0.2) is 0 Å². The molecular formula is C16H21NO4. The SMILES string of the molecule is CC(C)(C)OC(=O)NC(C/C=C/c1ccccc1)C(=O)O. The number of aliphatic carboxylic acids is 1. The lowest BCUT2D eigenvalue weighted by Gasteiger charge is -2.21. The number of hydrogen-bond donors (Lipinski definition) is 2. The molecule has 114 valence electrons. The second-order valence-corrected chi connectivity index (χ2v) is 5.59. The molecule has 1 rings (SSSR count). The van der Waals surface area contributed by atoms with Gasteiger partial charge in [0.1, 0.15) is 11.6 Å². The summed E-state index contributed by atoms with van der Waals surface area (Å²) in [6, 6.07) is 8.50. The largest absolute Gasteiger partial charge is 0.480 e. The lowest BCUT2D eigenvalue weighted by molar-refractivity contribution is -0.139. The zero-order valence-corrected chi connectivity index (χ0v) is 12.5. The second-order valence-electron chi connectivity index (χ2n) is 5.59. The highest BCUT2D eigenvalue weighted by molar-refractivity contribution is 5.80. The van der Waals surface area contributed by atoms with Crippen LogP contribution >= 0.6 is 0 Å². The van der Waals surface area contributed by atoms with Crippen LogP contribution < -0.4 is 5.32 Å². The summed E-state index contributed by atoms with van der Waals surface area (Å²) in [5.74, 6) is -1.10. The average Bonchev–Trinajstić information content (AvgIpc) is 2.36. The van der Waals surface area contributed by atoms with E-state index in [1.165, 1.54) is 0 Å². The molecule has 0 bridgehead atoms. The van der Waals surface area contributed by atoms with Crippen molar-refractivity contribution >= 4 is 18.1 Å². The Kier molecular flexibility index (Phi) is 5.96. The fourth-order valence-electron chi connectivity index (χ4n) is 1.58. The summed E-state index contributed by atoms with van der Waals surface area (Å²) in [4.78, 5) is 22.7. The smallest absolute Gasteiger partial charge is 0.408 e. The molecule has 2 N–H and O–H groups in total. The first kappa shape index (κ1) is 16.8. The van der Waals surface area contributed by atoms with Gasteiger partial charge in [-0.2, -0.15) is 0 Å². The molecule has 1 atom stereocenters. The molecule has 5 nitrogen and oxygen atoms in total. The zero-order valence-electron chi connectivity index (χ0n) is 12.5. The van der Waals surface area contributed by atoms with E-state index >= 15 is 0 Å². The number of benzene rings is 1. The lowest BCUT2D eigenvalue weighted by atomic mass is 10.1. The van der Waals surface area contributed by atoms with Crippen LogP contribution in [0.5, 0.6) is 0 Å². The van der Waals surface area contributed by atoms with Crippen molar-refractivity contribution in [2.45, 2.75) is 38.8 Å². The van der Waals surface area contributed by atoms with Crippen LogP contribution in [0, 0.1) is 0 Å². The molecule has 0 fully saturated rings. The third-order valence-corrected chi connectivity index (χ3v) is 2.47. The number of hydrogen-bond acceptors (Lipinski definition) is 3. The van der Waals surface area contributed by atoms with Crippen LogP contribution in [-0.2, 0) is 9.53 Å². The van der Waals surface area contributed by atoms with Gasteiger partial charge in [0.05, 0.1) is 0 Å². The van der Waals surface area contributed by atoms with Crippen LogP contribution in [0.15, 0.2) is 36.4 Å². The maximum Gasteiger partial charge on any atom is 0.408 e. The van der Waals surface area contributed by atoms with Crippen molar-refractivity contribution in [3.05, 3.63) is 42.0 Å². The molecule has 0 heterocycles. The first-order valence-corrected chi connectivity index (χ1v) is 6.72. The molecule has 0 aliphatic carbocycles. The number of carboxylic acid groups (broad SMARTS) is 1. The lowest BCUT2D eigenvalue weighted by Crippen LogP contribution is -2.43. The summed E-state index contributed by atoms with van der Waals surface area (Å²) in [5, 5.41) is 11.5. The first-order chi connectivity index (χ1) is 9.78. The number of nitrogens with one attached hydrogen (secondary N) is 1. The third kappa shape index (κ3) is 7.15. The van der Waals surface area contributed by atoms with E-state index in [9.17, 15) is 9.59 Å². The van der Waals surface area contributed by atoms with Crippen molar-refractivity contribution < 1.29 is 19.4 Å². The molecule has 0 radical (unpaired) electrons. The van der Waals surface area contributed by atoms with Crippen molar-refractivity contribution in [3.63, 3.8) is 0 Å². The van der Waals surface area contributed by atoms with Gasteiger partial charge in [0, 0.05) is 0 Å². The fourth-order valence-corrected chi connectivity index (χ4v) is 1.58. The molecule has 0 spiro atoms. The summed E-state index contributed by atoms with van der Waals surface area (Å²) < 4.78 is 5.05. The summed E-state index contributed by atoms with van der Waals surface area (Å²) >= 11 is 0. The van der Waals surface area contributed by atoms with Crippen molar-refractivity contribution in [1.82, 2.24) is 5.32 Å². The molecule has 1 unspecified atom stereocenters. The number of carbonyl (C=O) groups is 2. The van der Waals surface area contributed by atoms with Crippen LogP contribution in [0.3, 0.4) is 0 Å². The van der Waals surface area contributed by atoms with Crippen LogP contribution in [0.1, 0.15) is 32.8 Å². The topological polar surface area (TPSA) is 75.6 Å². The Balaban J connectivity index is 2.56. The molecule has 0 aliphatic rings. The van der Waals surface area contributed by atoms with Crippen molar-refractivity contribution in [2.24, 2.45) is 0 Å². The van der Waals surface area contributed by atoms with Crippen LogP contribution in [-0.4, -0.2) is 28.8 Å². The highest BCUT2D eigenvalue weighted by atomic mass is 16.6. The van der Waals surface area contributed by atoms with E-state index in [4.69, 9.17) is 9.84 Å². The van der Waals surface area contributed by atoms with Crippen molar-refractivity contribution in [3.8, 4) is 0 Å². The van der Waals surface area contributed by atoms with Crippen LogP contribution in [0.2, 0.25) is 0 Å². The van der Waals surface area contributed by atoms with Gasteiger partial charge in [-0.1, -0.05) is 42.5 Å². The molecule has 0 aromatic heterocycles. The highest BCUT2D eigenvalue weighted by Gasteiger charge is 2.22. The first-order valence-electron chi connectivity index (χ1n) is 6.72. The number of ether oxygens (including phenoxy) is 1. The molecule has 0 saturated heterocycles. The van der Waals surface area contributed by atoms with Crippen LogP contribution in [0.25, 0.3) is 6.08 Å². The van der Waals surface area contributed by atoms with Gasteiger partial charge < -0.3 is 15.2 Å². The average molecular weight is 291 g/mol. The molecule has 1 aromatic rings. The third-order valence-electron chi connectivity index (χ3n) is 2.47. The Labute approximate surface area is 124 Å². The van der Waals surface area contributed by atoms with E-state index in [-0.39, 0.29) is 6.42 Å². The minimum atomic E-state index is -1.10. The number of carboxylic acids is 1. The summed E-state index contributed by atoms with van der Waals surface area (Å²) in [6.07, 6.45) is 2.98. The van der Waals surface area contributed by atoms with E-state index in [1.807, 2.05) is 36.4 Å². The van der Waals surface area contributed by atoms with Crippen molar-refractivity contribution in [1.29, 1.82) is 0 Å². The van der Waals surface area contributed by atoms with Gasteiger partial charge in [0.2, 0.25) is 0 Å². The summed E-state index contributed by atoms with van der Waals surface area (Å²) in [6.45, 7) is 5.16. The molecule has 0 saturated carbocycles. The van der Waals surface area contributed by atoms with E-state index in [0.717, 1.165) is 5.56 Å². The Bertz CT molecular complexity index is 503. The number of alkyl carbamates (subject to hydrolysis) is 1. The fraction of sp³-hybridized carbons (Fsp3) is 0.375. The monoisotopic (exact) mass is 291 g/mol. The summed E-state index contributed by atoms with van der Waals surface area (Å²) in [7, 11) is 0. The maximum atomic E-state index is 11.6. The molecule has 1 amide bonds. The highest BCUT2D eigenvalue weighted by Crippen LogP contribution is 2.08.